The van der Waals surface area contributed by atoms with E-state index in [0.29, 0.717) is 0 Å². The van der Waals surface area contributed by atoms with Gasteiger partial charge in [-0.1, -0.05) is 26.2 Å². The molecule has 0 heterocycles. The molecular weight excluding hydrogens is 200 g/mol. The highest BCUT2D eigenvalue weighted by Gasteiger charge is 2.25. The van der Waals surface area contributed by atoms with E-state index in [2.05, 4.69) is 0 Å². The summed E-state index contributed by atoms with van der Waals surface area (Å²) < 4.78 is 11.9. The summed E-state index contributed by atoms with van der Waals surface area (Å²) in [5, 5.41) is 8.65. The maximum Gasteiger partial charge on any atom is 0.304 e. The summed E-state index contributed by atoms with van der Waals surface area (Å²) in [6.07, 6.45) is 5.59. The molecule has 82 valence electrons. The molecule has 1 rings (SSSR count). The molecule has 1 aliphatic carbocycles. The van der Waals surface area contributed by atoms with E-state index in [1.165, 1.54) is 6.42 Å². The molecule has 0 aromatic carbocycles. The summed E-state index contributed by atoms with van der Waals surface area (Å²) in [6, 6.07) is 0. The quantitative estimate of drug-likeness (QED) is 0.784. The zero-order chi connectivity index (χ0) is 10.6. The molecule has 3 nitrogen and oxygen atoms in total. The lowest BCUT2D eigenvalue weighted by atomic mass is 10.0. The topological polar surface area (TPSA) is 54.4 Å². The highest BCUT2D eigenvalue weighted by Crippen LogP contribution is 2.24. The van der Waals surface area contributed by atoms with Gasteiger partial charge in [0.1, 0.15) is 0 Å². The third-order valence-electron chi connectivity index (χ3n) is 2.74. The number of carboxylic acids is 1. The fourth-order valence-electron chi connectivity index (χ4n) is 1.95. The van der Waals surface area contributed by atoms with Crippen molar-refractivity contribution in [2.24, 2.45) is 0 Å². The highest BCUT2D eigenvalue weighted by atomic mass is 32.2. The van der Waals surface area contributed by atoms with E-state index in [1.54, 1.807) is 6.92 Å². The van der Waals surface area contributed by atoms with Crippen LogP contribution in [0.25, 0.3) is 0 Å². The van der Waals surface area contributed by atoms with Gasteiger partial charge in [0.2, 0.25) is 0 Å². The Hall–Kier alpha value is -0.380. The second-order valence-corrected chi connectivity index (χ2v) is 6.13. The fraction of sp³-hybridized carbons (Fsp3) is 0.900. The van der Waals surface area contributed by atoms with Crippen LogP contribution in [0.3, 0.4) is 0 Å². The lowest BCUT2D eigenvalue weighted by Gasteiger charge is -2.23. The van der Waals surface area contributed by atoms with Crippen molar-refractivity contribution < 1.29 is 14.1 Å². The van der Waals surface area contributed by atoms with E-state index < -0.39 is 16.8 Å². The van der Waals surface area contributed by atoms with Crippen molar-refractivity contribution >= 4 is 16.8 Å². The summed E-state index contributed by atoms with van der Waals surface area (Å²) in [7, 11) is -0.953. The standard InChI is InChI=1S/C10H18O3S/c1-8(7-10(11)12)14(13)9-5-3-2-4-6-9/h8-9H,2-7H2,1H3,(H,11,12). The third-order valence-corrected chi connectivity index (χ3v) is 4.83. The van der Waals surface area contributed by atoms with Gasteiger partial charge in [-0.3, -0.25) is 9.00 Å². The molecule has 1 fully saturated rings. The molecule has 0 amide bonds. The van der Waals surface area contributed by atoms with E-state index in [4.69, 9.17) is 5.11 Å². The Balaban J connectivity index is 2.42. The monoisotopic (exact) mass is 218 g/mol. The Labute approximate surface area is 87.3 Å². The second kappa shape index (κ2) is 5.49. The van der Waals surface area contributed by atoms with E-state index in [9.17, 15) is 9.00 Å². The Morgan fingerprint density at radius 3 is 2.50 bits per heavy atom. The molecule has 0 bridgehead atoms. The van der Waals surface area contributed by atoms with Crippen LogP contribution < -0.4 is 0 Å². The zero-order valence-corrected chi connectivity index (χ0v) is 9.39. The van der Waals surface area contributed by atoms with Crippen LogP contribution in [0.2, 0.25) is 0 Å². The van der Waals surface area contributed by atoms with Gasteiger partial charge in [-0.25, -0.2) is 0 Å². The molecule has 2 atom stereocenters. The summed E-state index contributed by atoms with van der Waals surface area (Å²) in [5.41, 5.74) is 0. The summed E-state index contributed by atoms with van der Waals surface area (Å²) in [5.74, 6) is -0.846. The van der Waals surface area contributed by atoms with Crippen LogP contribution in [-0.4, -0.2) is 25.8 Å². The van der Waals surface area contributed by atoms with Gasteiger partial charge >= 0.3 is 5.97 Å². The first-order valence-corrected chi connectivity index (χ1v) is 6.50. The van der Waals surface area contributed by atoms with Gasteiger partial charge in [-0.05, 0) is 12.8 Å². The number of carboxylic acid groups (broad SMARTS) is 1. The molecule has 14 heavy (non-hydrogen) atoms. The third kappa shape index (κ3) is 3.40. The molecule has 1 aliphatic rings. The number of rotatable bonds is 4. The van der Waals surface area contributed by atoms with Crippen molar-refractivity contribution in [3.63, 3.8) is 0 Å². The lowest BCUT2D eigenvalue weighted by molar-refractivity contribution is -0.136. The van der Waals surface area contributed by atoms with Gasteiger partial charge in [-0.2, -0.15) is 0 Å². The molecule has 0 radical (unpaired) electrons. The Morgan fingerprint density at radius 2 is 2.00 bits per heavy atom. The summed E-state index contributed by atoms with van der Waals surface area (Å²) in [4.78, 5) is 10.5. The largest absolute Gasteiger partial charge is 0.481 e. The predicted octanol–water partition coefficient (Wildman–Crippen LogP) is 1.93. The first-order valence-electron chi connectivity index (χ1n) is 5.22. The molecule has 0 aliphatic heterocycles. The molecule has 0 saturated heterocycles. The van der Waals surface area contributed by atoms with Gasteiger partial charge in [-0.15, -0.1) is 0 Å². The van der Waals surface area contributed by atoms with Crippen molar-refractivity contribution in [2.75, 3.05) is 0 Å². The molecule has 2 unspecified atom stereocenters. The van der Waals surface area contributed by atoms with Gasteiger partial charge in [0, 0.05) is 21.3 Å². The molecule has 0 aromatic rings. The average Bonchev–Trinajstić information content (AvgIpc) is 2.17. The van der Waals surface area contributed by atoms with E-state index in [-0.39, 0.29) is 16.9 Å². The van der Waals surface area contributed by atoms with Crippen LogP contribution in [-0.2, 0) is 15.6 Å². The minimum Gasteiger partial charge on any atom is -0.481 e. The van der Waals surface area contributed by atoms with Crippen molar-refractivity contribution in [3.8, 4) is 0 Å². The first kappa shape index (κ1) is 11.7. The minimum atomic E-state index is -0.953. The normalized spacial score (nSPS) is 22.9. The Bertz CT molecular complexity index is 221. The molecular formula is C10H18O3S. The van der Waals surface area contributed by atoms with Crippen LogP contribution in [0.15, 0.2) is 0 Å². The molecule has 1 saturated carbocycles. The van der Waals surface area contributed by atoms with E-state index in [0.717, 1.165) is 25.7 Å². The summed E-state index contributed by atoms with van der Waals surface area (Å²) in [6.45, 7) is 1.78. The van der Waals surface area contributed by atoms with Crippen molar-refractivity contribution in [1.29, 1.82) is 0 Å². The smallest absolute Gasteiger partial charge is 0.304 e. The molecule has 0 aromatic heterocycles. The van der Waals surface area contributed by atoms with Gasteiger partial charge < -0.3 is 5.11 Å². The molecule has 1 N–H and O–H groups in total. The zero-order valence-electron chi connectivity index (χ0n) is 8.57. The number of carbonyl (C=O) groups is 1. The van der Waals surface area contributed by atoms with Gasteiger partial charge in [0.15, 0.2) is 0 Å². The fourth-order valence-corrected chi connectivity index (χ4v) is 3.72. The van der Waals surface area contributed by atoms with Crippen LogP contribution in [0.4, 0.5) is 0 Å². The maximum atomic E-state index is 11.9. The minimum absolute atomic E-state index is 0.0309. The van der Waals surface area contributed by atoms with E-state index >= 15 is 0 Å². The van der Waals surface area contributed by atoms with Crippen molar-refractivity contribution in [3.05, 3.63) is 0 Å². The van der Waals surface area contributed by atoms with Crippen LogP contribution >= 0.6 is 0 Å². The second-order valence-electron chi connectivity index (χ2n) is 4.00. The van der Waals surface area contributed by atoms with E-state index in [1.807, 2.05) is 0 Å². The molecule has 4 heteroatoms. The maximum absolute atomic E-state index is 11.9. The predicted molar refractivity (Wildman–Crippen MR) is 56.7 cm³/mol. The summed E-state index contributed by atoms with van der Waals surface area (Å²) >= 11 is 0. The number of hydrogen-bond donors (Lipinski definition) is 1. The van der Waals surface area contributed by atoms with Crippen molar-refractivity contribution in [2.45, 2.75) is 55.9 Å². The average molecular weight is 218 g/mol. The Morgan fingerprint density at radius 1 is 1.43 bits per heavy atom. The lowest BCUT2D eigenvalue weighted by Crippen LogP contribution is -2.27. The van der Waals surface area contributed by atoms with Gasteiger partial charge in [0.05, 0.1) is 6.42 Å². The number of aliphatic carboxylic acids is 1. The van der Waals surface area contributed by atoms with Crippen LogP contribution in [0, 0.1) is 0 Å². The SMILES string of the molecule is CC(CC(=O)O)S(=O)C1CCCCC1. The molecule has 0 spiro atoms. The van der Waals surface area contributed by atoms with Crippen LogP contribution in [0.1, 0.15) is 45.4 Å². The highest BCUT2D eigenvalue weighted by molar-refractivity contribution is 7.86. The van der Waals surface area contributed by atoms with Gasteiger partial charge in [0.25, 0.3) is 0 Å². The Kier molecular flexibility index (Phi) is 4.58. The number of hydrogen-bond acceptors (Lipinski definition) is 2. The van der Waals surface area contributed by atoms with Crippen molar-refractivity contribution in [1.82, 2.24) is 0 Å². The first-order chi connectivity index (χ1) is 6.61. The van der Waals surface area contributed by atoms with Crippen LogP contribution in [0.5, 0.6) is 0 Å².